The number of methoxy groups -OCH3 is 1. The van der Waals surface area contributed by atoms with E-state index in [-0.39, 0.29) is 11.9 Å². The maximum atomic E-state index is 11.8. The van der Waals surface area contributed by atoms with E-state index in [9.17, 15) is 4.79 Å². The molecule has 4 heteroatoms. The van der Waals surface area contributed by atoms with Crippen LogP contribution >= 0.6 is 0 Å². The lowest BCUT2D eigenvalue weighted by Crippen LogP contribution is -2.36. The van der Waals surface area contributed by atoms with Gasteiger partial charge in [-0.1, -0.05) is 0 Å². The Morgan fingerprint density at radius 3 is 2.75 bits per heavy atom. The molecule has 0 radical (unpaired) electrons. The molecule has 16 heavy (non-hydrogen) atoms. The summed E-state index contributed by atoms with van der Waals surface area (Å²) in [7, 11) is 1.61. The average molecular weight is 220 g/mol. The van der Waals surface area contributed by atoms with Crippen LogP contribution in [0.2, 0.25) is 0 Å². The molecule has 0 spiro atoms. The van der Waals surface area contributed by atoms with Crippen LogP contribution in [0, 0.1) is 0 Å². The molecule has 86 valence electrons. The van der Waals surface area contributed by atoms with Crippen molar-refractivity contribution in [2.75, 3.05) is 20.2 Å². The van der Waals surface area contributed by atoms with Crippen molar-refractivity contribution in [2.45, 2.75) is 12.5 Å². The van der Waals surface area contributed by atoms with Gasteiger partial charge in [0.2, 0.25) is 0 Å². The van der Waals surface area contributed by atoms with Crippen LogP contribution in [-0.2, 0) is 0 Å². The first-order valence-electron chi connectivity index (χ1n) is 5.45. The molecule has 0 saturated carbocycles. The molecular formula is C12H16N2O2. The molecule has 1 aliphatic heterocycles. The fourth-order valence-electron chi connectivity index (χ4n) is 1.79. The summed E-state index contributed by atoms with van der Waals surface area (Å²) in [5.41, 5.74) is 0.674. The first-order valence-corrected chi connectivity index (χ1v) is 5.45. The van der Waals surface area contributed by atoms with Crippen LogP contribution in [0.4, 0.5) is 0 Å². The molecule has 1 unspecified atom stereocenters. The van der Waals surface area contributed by atoms with Crippen molar-refractivity contribution in [2.24, 2.45) is 0 Å². The van der Waals surface area contributed by atoms with E-state index >= 15 is 0 Å². The molecule has 1 saturated heterocycles. The van der Waals surface area contributed by atoms with Crippen molar-refractivity contribution < 1.29 is 9.53 Å². The highest BCUT2D eigenvalue weighted by Gasteiger charge is 2.17. The summed E-state index contributed by atoms with van der Waals surface area (Å²) >= 11 is 0. The van der Waals surface area contributed by atoms with E-state index in [0.29, 0.717) is 5.56 Å². The summed E-state index contributed by atoms with van der Waals surface area (Å²) in [6.07, 6.45) is 1.00. The Morgan fingerprint density at radius 1 is 1.44 bits per heavy atom. The number of nitrogens with one attached hydrogen (secondary N) is 2. The minimum atomic E-state index is -0.0173. The molecule has 1 fully saturated rings. The van der Waals surface area contributed by atoms with Gasteiger partial charge in [-0.05, 0) is 37.2 Å². The topological polar surface area (TPSA) is 50.4 Å². The maximum Gasteiger partial charge on any atom is 0.251 e. The van der Waals surface area contributed by atoms with Crippen LogP contribution in [0.25, 0.3) is 0 Å². The van der Waals surface area contributed by atoms with Crippen LogP contribution in [-0.4, -0.2) is 32.1 Å². The lowest BCUT2D eigenvalue weighted by Gasteiger charge is -2.11. The smallest absolute Gasteiger partial charge is 0.251 e. The second-order valence-electron chi connectivity index (χ2n) is 3.89. The number of amides is 1. The number of carbonyl (C=O) groups is 1. The highest BCUT2D eigenvalue weighted by Crippen LogP contribution is 2.11. The fourth-order valence-corrected chi connectivity index (χ4v) is 1.79. The number of benzene rings is 1. The first-order chi connectivity index (χ1) is 7.79. The highest BCUT2D eigenvalue weighted by molar-refractivity contribution is 5.94. The van der Waals surface area contributed by atoms with Gasteiger partial charge in [0.05, 0.1) is 7.11 Å². The van der Waals surface area contributed by atoms with Crippen molar-refractivity contribution in [1.29, 1.82) is 0 Å². The van der Waals surface area contributed by atoms with Gasteiger partial charge in [0.15, 0.2) is 0 Å². The Bertz CT molecular complexity index is 356. The Balaban J connectivity index is 1.97. The van der Waals surface area contributed by atoms with Gasteiger partial charge in [0.25, 0.3) is 5.91 Å². The van der Waals surface area contributed by atoms with Crippen molar-refractivity contribution in [3.63, 3.8) is 0 Å². The van der Waals surface area contributed by atoms with E-state index in [1.54, 1.807) is 31.4 Å². The lowest BCUT2D eigenvalue weighted by atomic mass is 10.2. The molecule has 1 aromatic rings. The monoisotopic (exact) mass is 220 g/mol. The third kappa shape index (κ3) is 2.52. The Labute approximate surface area is 95.0 Å². The van der Waals surface area contributed by atoms with Gasteiger partial charge in [-0.2, -0.15) is 0 Å². The minimum absolute atomic E-state index is 0.0173. The first kappa shape index (κ1) is 11.0. The maximum absolute atomic E-state index is 11.8. The molecule has 0 bridgehead atoms. The van der Waals surface area contributed by atoms with Crippen molar-refractivity contribution in [1.82, 2.24) is 10.6 Å². The molecule has 1 aromatic carbocycles. The summed E-state index contributed by atoms with van der Waals surface area (Å²) in [5, 5.41) is 6.20. The van der Waals surface area contributed by atoms with Gasteiger partial charge >= 0.3 is 0 Å². The summed E-state index contributed by atoms with van der Waals surface area (Å²) in [4.78, 5) is 11.8. The second kappa shape index (κ2) is 4.99. The van der Waals surface area contributed by atoms with Gasteiger partial charge in [-0.3, -0.25) is 4.79 Å². The fraction of sp³-hybridized carbons (Fsp3) is 0.417. The molecule has 1 aliphatic rings. The Hall–Kier alpha value is -1.55. The molecule has 0 aliphatic carbocycles. The van der Waals surface area contributed by atoms with Crippen LogP contribution in [0.1, 0.15) is 16.8 Å². The number of ether oxygens (including phenoxy) is 1. The van der Waals surface area contributed by atoms with Gasteiger partial charge < -0.3 is 15.4 Å². The summed E-state index contributed by atoms with van der Waals surface area (Å²) in [5.74, 6) is 0.746. The van der Waals surface area contributed by atoms with Crippen LogP contribution in [0.5, 0.6) is 5.75 Å². The SMILES string of the molecule is COc1ccc(C(=O)NC2CCNC2)cc1. The summed E-state index contributed by atoms with van der Waals surface area (Å²) in [6, 6.07) is 7.39. The molecule has 2 N–H and O–H groups in total. The van der Waals surface area contributed by atoms with E-state index in [4.69, 9.17) is 4.74 Å². The Morgan fingerprint density at radius 2 is 2.19 bits per heavy atom. The molecule has 0 aromatic heterocycles. The molecule has 1 atom stereocenters. The van der Waals surface area contributed by atoms with E-state index < -0.39 is 0 Å². The number of hydrogen-bond acceptors (Lipinski definition) is 3. The predicted octanol–water partition coefficient (Wildman–Crippen LogP) is 0.787. The molecule has 1 amide bonds. The van der Waals surface area contributed by atoms with Gasteiger partial charge in [0, 0.05) is 18.2 Å². The zero-order valence-corrected chi connectivity index (χ0v) is 9.32. The van der Waals surface area contributed by atoms with E-state index in [1.165, 1.54) is 0 Å². The zero-order chi connectivity index (χ0) is 11.4. The van der Waals surface area contributed by atoms with Crippen molar-refractivity contribution in [3.8, 4) is 5.75 Å². The number of carbonyl (C=O) groups excluding carboxylic acids is 1. The second-order valence-corrected chi connectivity index (χ2v) is 3.89. The number of rotatable bonds is 3. The van der Waals surface area contributed by atoms with Crippen molar-refractivity contribution in [3.05, 3.63) is 29.8 Å². The van der Waals surface area contributed by atoms with E-state index in [1.807, 2.05) is 0 Å². The van der Waals surface area contributed by atoms with E-state index in [2.05, 4.69) is 10.6 Å². The molecule has 2 rings (SSSR count). The van der Waals surface area contributed by atoms with E-state index in [0.717, 1.165) is 25.3 Å². The predicted molar refractivity (Wildman–Crippen MR) is 61.7 cm³/mol. The number of hydrogen-bond donors (Lipinski definition) is 2. The third-order valence-corrected chi connectivity index (χ3v) is 2.75. The summed E-state index contributed by atoms with van der Waals surface area (Å²) < 4.78 is 5.04. The molecule has 4 nitrogen and oxygen atoms in total. The summed E-state index contributed by atoms with van der Waals surface area (Å²) in [6.45, 7) is 1.84. The average Bonchev–Trinajstić information content (AvgIpc) is 2.82. The quantitative estimate of drug-likeness (QED) is 0.791. The largest absolute Gasteiger partial charge is 0.497 e. The van der Waals surface area contributed by atoms with Gasteiger partial charge in [-0.15, -0.1) is 0 Å². The van der Waals surface area contributed by atoms with Crippen molar-refractivity contribution >= 4 is 5.91 Å². The minimum Gasteiger partial charge on any atom is -0.497 e. The molecule has 1 heterocycles. The van der Waals surface area contributed by atoms with Crippen LogP contribution in [0.3, 0.4) is 0 Å². The van der Waals surface area contributed by atoms with Gasteiger partial charge in [-0.25, -0.2) is 0 Å². The lowest BCUT2D eigenvalue weighted by molar-refractivity contribution is 0.0940. The zero-order valence-electron chi connectivity index (χ0n) is 9.32. The normalized spacial score (nSPS) is 19.4. The van der Waals surface area contributed by atoms with Crippen LogP contribution in [0.15, 0.2) is 24.3 Å². The van der Waals surface area contributed by atoms with Gasteiger partial charge in [0.1, 0.15) is 5.75 Å². The third-order valence-electron chi connectivity index (χ3n) is 2.75. The standard InChI is InChI=1S/C12H16N2O2/c1-16-11-4-2-9(3-5-11)12(15)14-10-6-7-13-8-10/h2-5,10,13H,6-8H2,1H3,(H,14,15). The highest BCUT2D eigenvalue weighted by atomic mass is 16.5. The Kier molecular flexibility index (Phi) is 3.41. The van der Waals surface area contributed by atoms with Crippen LogP contribution < -0.4 is 15.4 Å². The molecular weight excluding hydrogens is 204 g/mol.